The van der Waals surface area contributed by atoms with Crippen molar-refractivity contribution in [3.05, 3.63) is 66.2 Å². The van der Waals surface area contributed by atoms with Gasteiger partial charge in [-0.05, 0) is 61.6 Å². The number of rotatable bonds is 5. The molecular weight excluding hydrogens is 486 g/mol. The van der Waals surface area contributed by atoms with Crippen LogP contribution in [0.2, 0.25) is 0 Å². The fourth-order valence-electron chi connectivity index (χ4n) is 6.58. The standard InChI is InChI=1S/C29H35N3O4S/c33-28(31-18-24-17-25(24)19-31)22-13-15-30(16-14-22)29(34)23-11-12-27(21-7-3-1-4-8-21)32(20-23)37(35,36)26-9-5-2-6-10-26/h1-10,22-25,27H,11-20H2/t23-,24-,25+,27-/m1/s1. The molecule has 0 unspecified atom stereocenters. The number of nitrogens with zero attached hydrogens (tertiary/aromatic N) is 3. The Morgan fingerprint density at radius 1 is 0.676 bits per heavy atom. The number of likely N-dealkylation sites (tertiary alicyclic amines) is 2. The number of amides is 2. The van der Waals surface area contributed by atoms with Gasteiger partial charge in [0.05, 0.1) is 16.9 Å². The quantitative estimate of drug-likeness (QED) is 0.603. The molecule has 2 aromatic rings. The second-order valence-electron chi connectivity index (χ2n) is 11.2. The predicted molar refractivity (Wildman–Crippen MR) is 140 cm³/mol. The zero-order valence-corrected chi connectivity index (χ0v) is 21.9. The summed E-state index contributed by atoms with van der Waals surface area (Å²) in [6.07, 6.45) is 3.91. The van der Waals surface area contributed by atoms with Crippen LogP contribution in [0.15, 0.2) is 65.6 Å². The van der Waals surface area contributed by atoms with Crippen molar-refractivity contribution in [2.24, 2.45) is 23.7 Å². The molecular formula is C29H35N3O4S. The SMILES string of the molecule is O=C(C1CCN(C(=O)[C@@H]2CC[C@H](c3ccccc3)N(S(=O)(=O)c3ccccc3)C2)CC1)N1C[C@H]2C[C@H]2C1. The van der Waals surface area contributed by atoms with Crippen LogP contribution in [0.4, 0.5) is 0 Å². The predicted octanol–water partition coefficient (Wildman–Crippen LogP) is 3.55. The largest absolute Gasteiger partial charge is 0.342 e. The van der Waals surface area contributed by atoms with Gasteiger partial charge in [0.15, 0.2) is 0 Å². The Kier molecular flexibility index (Phi) is 6.57. The molecule has 3 aliphatic heterocycles. The molecule has 7 nitrogen and oxygen atoms in total. The summed E-state index contributed by atoms with van der Waals surface area (Å²) in [7, 11) is -3.77. The van der Waals surface area contributed by atoms with E-state index in [-0.39, 0.29) is 41.1 Å². The number of carbonyl (C=O) groups excluding carboxylic acids is 2. The second kappa shape index (κ2) is 9.87. The molecule has 2 aromatic carbocycles. The first-order valence-electron chi connectivity index (χ1n) is 13.6. The van der Waals surface area contributed by atoms with E-state index in [9.17, 15) is 18.0 Å². The molecule has 1 saturated carbocycles. The van der Waals surface area contributed by atoms with E-state index in [1.54, 1.807) is 34.6 Å². The van der Waals surface area contributed by atoms with Gasteiger partial charge in [0, 0.05) is 38.6 Å². The van der Waals surface area contributed by atoms with E-state index in [1.165, 1.54) is 6.42 Å². The number of hydrogen-bond acceptors (Lipinski definition) is 4. The van der Waals surface area contributed by atoms with E-state index >= 15 is 0 Å². The van der Waals surface area contributed by atoms with Crippen molar-refractivity contribution in [1.82, 2.24) is 14.1 Å². The highest BCUT2D eigenvalue weighted by Crippen LogP contribution is 2.45. The zero-order chi connectivity index (χ0) is 25.6. The van der Waals surface area contributed by atoms with Crippen LogP contribution < -0.4 is 0 Å². The molecule has 0 spiro atoms. The molecule has 0 bridgehead atoms. The molecule has 0 aromatic heterocycles. The van der Waals surface area contributed by atoms with Crippen molar-refractivity contribution in [3.63, 3.8) is 0 Å². The lowest BCUT2D eigenvalue weighted by Gasteiger charge is -2.41. The van der Waals surface area contributed by atoms with Crippen molar-refractivity contribution < 1.29 is 18.0 Å². The summed E-state index contributed by atoms with van der Waals surface area (Å²) in [6.45, 7) is 3.14. The lowest BCUT2D eigenvalue weighted by atomic mass is 9.88. The van der Waals surface area contributed by atoms with Crippen molar-refractivity contribution >= 4 is 21.8 Å². The Labute approximate surface area is 219 Å². The van der Waals surface area contributed by atoms with Gasteiger partial charge in [-0.2, -0.15) is 4.31 Å². The first-order valence-corrected chi connectivity index (χ1v) is 15.0. The highest BCUT2D eigenvalue weighted by atomic mass is 32.2. The number of hydrogen-bond donors (Lipinski definition) is 0. The van der Waals surface area contributed by atoms with Gasteiger partial charge < -0.3 is 9.80 Å². The first-order chi connectivity index (χ1) is 17.9. The first kappa shape index (κ1) is 24.6. The molecule has 8 heteroatoms. The third-order valence-corrected chi connectivity index (χ3v) is 10.8. The number of sulfonamides is 1. The third-order valence-electron chi connectivity index (χ3n) is 8.87. The maximum Gasteiger partial charge on any atom is 0.243 e. The smallest absolute Gasteiger partial charge is 0.243 e. The summed E-state index contributed by atoms with van der Waals surface area (Å²) in [5.74, 6) is 1.37. The van der Waals surface area contributed by atoms with Crippen LogP contribution in [0.5, 0.6) is 0 Å². The molecule has 196 valence electrons. The Balaban J connectivity index is 1.14. The van der Waals surface area contributed by atoms with Gasteiger partial charge in [0.1, 0.15) is 0 Å². The minimum absolute atomic E-state index is 0.00493. The van der Waals surface area contributed by atoms with Crippen LogP contribution in [0.3, 0.4) is 0 Å². The van der Waals surface area contributed by atoms with Crippen LogP contribution in [0.1, 0.15) is 43.7 Å². The average Bonchev–Trinajstić information content (AvgIpc) is 3.57. The highest BCUT2D eigenvalue weighted by Gasteiger charge is 2.48. The Bertz CT molecular complexity index is 1230. The maximum atomic E-state index is 13.7. The molecule has 4 atom stereocenters. The van der Waals surface area contributed by atoms with E-state index in [1.807, 2.05) is 40.1 Å². The van der Waals surface area contributed by atoms with Crippen molar-refractivity contribution in [2.75, 3.05) is 32.7 Å². The molecule has 4 aliphatic rings. The molecule has 3 saturated heterocycles. The molecule has 2 amide bonds. The summed E-state index contributed by atoms with van der Waals surface area (Å²) < 4.78 is 29.0. The van der Waals surface area contributed by atoms with Crippen LogP contribution in [0.25, 0.3) is 0 Å². The summed E-state index contributed by atoms with van der Waals surface area (Å²) in [4.78, 5) is 30.7. The fraction of sp³-hybridized carbons (Fsp3) is 0.517. The van der Waals surface area contributed by atoms with Gasteiger partial charge in [-0.15, -0.1) is 0 Å². The van der Waals surface area contributed by atoms with Gasteiger partial charge in [-0.1, -0.05) is 48.5 Å². The molecule has 1 aliphatic carbocycles. The second-order valence-corrected chi connectivity index (χ2v) is 13.1. The van der Waals surface area contributed by atoms with Crippen LogP contribution >= 0.6 is 0 Å². The van der Waals surface area contributed by atoms with Gasteiger partial charge in [-0.25, -0.2) is 8.42 Å². The highest BCUT2D eigenvalue weighted by molar-refractivity contribution is 7.89. The number of benzene rings is 2. The summed E-state index contributed by atoms with van der Waals surface area (Å²) in [5, 5.41) is 0. The molecule has 6 rings (SSSR count). The van der Waals surface area contributed by atoms with Gasteiger partial charge in [0.2, 0.25) is 21.8 Å². The molecule has 37 heavy (non-hydrogen) atoms. The van der Waals surface area contributed by atoms with Gasteiger partial charge >= 0.3 is 0 Å². The van der Waals surface area contributed by atoms with Crippen molar-refractivity contribution in [1.29, 1.82) is 0 Å². The van der Waals surface area contributed by atoms with E-state index < -0.39 is 10.0 Å². The monoisotopic (exact) mass is 521 g/mol. The summed E-state index contributed by atoms with van der Waals surface area (Å²) >= 11 is 0. The number of carbonyl (C=O) groups is 2. The van der Waals surface area contributed by atoms with E-state index in [0.717, 1.165) is 30.5 Å². The van der Waals surface area contributed by atoms with Crippen molar-refractivity contribution in [2.45, 2.75) is 43.0 Å². The minimum Gasteiger partial charge on any atom is -0.342 e. The summed E-state index contributed by atoms with van der Waals surface area (Å²) in [5.41, 5.74) is 0.951. The lowest BCUT2D eigenvalue weighted by molar-refractivity contribution is -0.143. The lowest BCUT2D eigenvalue weighted by Crippen LogP contribution is -2.50. The van der Waals surface area contributed by atoms with Gasteiger partial charge in [0.25, 0.3) is 0 Å². The Hall–Kier alpha value is -2.71. The maximum absolute atomic E-state index is 13.7. The Morgan fingerprint density at radius 2 is 1.27 bits per heavy atom. The molecule has 3 heterocycles. The van der Waals surface area contributed by atoms with E-state index in [2.05, 4.69) is 0 Å². The van der Waals surface area contributed by atoms with E-state index in [4.69, 9.17) is 0 Å². The number of piperidine rings is 3. The number of fused-ring (bicyclic) bond motifs is 1. The van der Waals surface area contributed by atoms with E-state index in [0.29, 0.717) is 38.8 Å². The topological polar surface area (TPSA) is 78.0 Å². The van der Waals surface area contributed by atoms with Crippen LogP contribution in [-0.4, -0.2) is 67.1 Å². The molecule has 0 N–H and O–H groups in total. The summed E-state index contributed by atoms with van der Waals surface area (Å²) in [6, 6.07) is 17.9. The van der Waals surface area contributed by atoms with Crippen molar-refractivity contribution in [3.8, 4) is 0 Å². The van der Waals surface area contributed by atoms with Gasteiger partial charge in [-0.3, -0.25) is 9.59 Å². The third kappa shape index (κ3) is 4.81. The normalized spacial score (nSPS) is 28.6. The Morgan fingerprint density at radius 3 is 1.92 bits per heavy atom. The zero-order valence-electron chi connectivity index (χ0n) is 21.1. The molecule has 4 fully saturated rings. The fourth-order valence-corrected chi connectivity index (χ4v) is 8.29. The van der Waals surface area contributed by atoms with Crippen LogP contribution in [0, 0.1) is 23.7 Å². The average molecular weight is 522 g/mol. The minimum atomic E-state index is -3.77. The van der Waals surface area contributed by atoms with Crippen LogP contribution in [-0.2, 0) is 19.6 Å². The molecule has 0 radical (unpaired) electrons.